The zero-order valence-electron chi connectivity index (χ0n) is 14.1. The average molecular weight is 395 g/mol. The molecule has 0 aliphatic carbocycles. The van der Waals surface area contributed by atoms with Crippen molar-refractivity contribution in [1.82, 2.24) is 5.43 Å². The van der Waals surface area contributed by atoms with Crippen molar-refractivity contribution in [2.45, 2.75) is 13.8 Å². The maximum Gasteiger partial charge on any atom is 0.345 e. The normalized spacial score (nSPS) is 10.6. The molecule has 0 bridgehead atoms. The van der Waals surface area contributed by atoms with Gasteiger partial charge >= 0.3 is 5.97 Å². The molecule has 0 aromatic heterocycles. The predicted octanol–water partition coefficient (Wildman–Crippen LogP) is 4.08. The van der Waals surface area contributed by atoms with Crippen molar-refractivity contribution in [2.24, 2.45) is 5.10 Å². The van der Waals surface area contributed by atoms with Gasteiger partial charge in [0.1, 0.15) is 0 Å². The highest BCUT2D eigenvalue weighted by atomic mass is 35.5. The van der Waals surface area contributed by atoms with Crippen LogP contribution in [0.15, 0.2) is 41.5 Å². The Kier molecular flexibility index (Phi) is 7.00. The third-order valence-electron chi connectivity index (χ3n) is 3.06. The number of ether oxygens (including phenoxy) is 2. The maximum atomic E-state index is 12.4. The van der Waals surface area contributed by atoms with E-state index in [1.165, 1.54) is 25.3 Å². The molecule has 2 aromatic carbocycles. The number of nitrogens with zero attached hydrogens (tertiary/aromatic N) is 1. The Morgan fingerprint density at radius 3 is 2.58 bits per heavy atom. The van der Waals surface area contributed by atoms with Crippen LogP contribution < -0.4 is 14.9 Å². The first-order chi connectivity index (χ1) is 12.4. The number of nitrogens with one attached hydrogen (secondary N) is 1. The van der Waals surface area contributed by atoms with Gasteiger partial charge in [-0.2, -0.15) is 5.10 Å². The monoisotopic (exact) mass is 394 g/mol. The van der Waals surface area contributed by atoms with Gasteiger partial charge in [0.15, 0.2) is 11.5 Å². The number of halogens is 2. The lowest BCUT2D eigenvalue weighted by atomic mass is 10.2. The molecule has 0 unspecified atom stereocenters. The molecule has 1 amide bonds. The van der Waals surface area contributed by atoms with Crippen molar-refractivity contribution in [1.29, 1.82) is 0 Å². The minimum atomic E-state index is -0.632. The molecule has 1 N–H and O–H groups in total. The summed E-state index contributed by atoms with van der Waals surface area (Å²) in [6.45, 7) is 3.53. The van der Waals surface area contributed by atoms with Crippen LogP contribution in [0.25, 0.3) is 0 Å². The molecule has 6 nitrogen and oxygen atoms in total. The fourth-order valence-corrected chi connectivity index (χ4v) is 2.45. The molecule has 0 saturated heterocycles. The van der Waals surface area contributed by atoms with Crippen LogP contribution in [0.4, 0.5) is 0 Å². The number of benzene rings is 2. The number of hydrazone groups is 1. The highest BCUT2D eigenvalue weighted by Crippen LogP contribution is 2.30. The Labute approximate surface area is 160 Å². The van der Waals surface area contributed by atoms with E-state index in [4.69, 9.17) is 32.7 Å². The van der Waals surface area contributed by atoms with E-state index in [9.17, 15) is 9.59 Å². The summed E-state index contributed by atoms with van der Waals surface area (Å²) >= 11 is 11.9. The van der Waals surface area contributed by atoms with Gasteiger partial charge in [-0.3, -0.25) is 4.79 Å². The molecule has 0 fully saturated rings. The Morgan fingerprint density at radius 2 is 1.92 bits per heavy atom. The van der Waals surface area contributed by atoms with E-state index in [1.807, 2.05) is 0 Å². The van der Waals surface area contributed by atoms with E-state index in [0.717, 1.165) is 0 Å². The lowest BCUT2D eigenvalue weighted by molar-refractivity contribution is -0.118. The Hall–Kier alpha value is -2.57. The number of esters is 1. The summed E-state index contributed by atoms with van der Waals surface area (Å²) in [6, 6.07) is 9.38. The van der Waals surface area contributed by atoms with Crippen molar-refractivity contribution in [3.63, 3.8) is 0 Å². The van der Waals surface area contributed by atoms with Crippen LogP contribution in [0.3, 0.4) is 0 Å². The van der Waals surface area contributed by atoms with Crippen molar-refractivity contribution in [3.8, 4) is 11.5 Å². The average Bonchev–Trinajstić information content (AvgIpc) is 2.57. The van der Waals surface area contributed by atoms with E-state index in [-0.39, 0.29) is 22.2 Å². The number of amides is 1. The molecule has 0 aliphatic rings. The Balaban J connectivity index is 2.23. The second-order valence-electron chi connectivity index (χ2n) is 5.08. The van der Waals surface area contributed by atoms with E-state index in [0.29, 0.717) is 22.9 Å². The van der Waals surface area contributed by atoms with Crippen LogP contribution in [-0.4, -0.2) is 24.7 Å². The summed E-state index contributed by atoms with van der Waals surface area (Å²) in [6.07, 6.45) is 1.45. The summed E-state index contributed by atoms with van der Waals surface area (Å²) in [4.78, 5) is 23.2. The number of rotatable bonds is 6. The number of hydrogen-bond acceptors (Lipinski definition) is 5. The van der Waals surface area contributed by atoms with Gasteiger partial charge in [0.25, 0.3) is 0 Å². The van der Waals surface area contributed by atoms with Crippen LogP contribution in [0.1, 0.15) is 29.8 Å². The van der Waals surface area contributed by atoms with Gasteiger partial charge < -0.3 is 9.47 Å². The van der Waals surface area contributed by atoms with Crippen LogP contribution in [0.5, 0.6) is 11.5 Å². The van der Waals surface area contributed by atoms with Gasteiger partial charge in [-0.1, -0.05) is 23.2 Å². The first-order valence-corrected chi connectivity index (χ1v) is 8.40. The van der Waals surface area contributed by atoms with Gasteiger partial charge in [-0.25, -0.2) is 10.2 Å². The molecular formula is C18H16Cl2N2O4. The Bertz CT molecular complexity index is 853. The lowest BCUT2D eigenvalue weighted by Gasteiger charge is -2.12. The van der Waals surface area contributed by atoms with Crippen molar-refractivity contribution in [2.75, 3.05) is 6.61 Å². The summed E-state index contributed by atoms with van der Waals surface area (Å²) in [5, 5.41) is 4.40. The molecule has 2 aromatic rings. The van der Waals surface area contributed by atoms with Crippen molar-refractivity contribution in [3.05, 3.63) is 57.6 Å². The second-order valence-corrected chi connectivity index (χ2v) is 5.92. The molecule has 0 aliphatic heterocycles. The molecule has 0 saturated carbocycles. The molecule has 0 atom stereocenters. The fourth-order valence-electron chi connectivity index (χ4n) is 1.97. The summed E-state index contributed by atoms with van der Waals surface area (Å²) in [7, 11) is 0. The third-order valence-corrected chi connectivity index (χ3v) is 3.60. The van der Waals surface area contributed by atoms with Gasteiger partial charge in [0.05, 0.1) is 23.4 Å². The molecule has 0 spiro atoms. The van der Waals surface area contributed by atoms with Gasteiger partial charge in [-0.05, 0) is 48.9 Å². The topological polar surface area (TPSA) is 77.0 Å². The van der Waals surface area contributed by atoms with Crippen LogP contribution in [-0.2, 0) is 4.79 Å². The van der Waals surface area contributed by atoms with Crippen LogP contribution >= 0.6 is 23.2 Å². The lowest BCUT2D eigenvalue weighted by Crippen LogP contribution is -2.12. The minimum Gasteiger partial charge on any atom is -0.490 e. The van der Waals surface area contributed by atoms with Crippen molar-refractivity contribution < 1.29 is 19.1 Å². The standard InChI is InChI=1S/C18H16Cl2N2O4/c1-3-25-17-8-12(10-21-22-11(2)23)4-7-16(17)26-18(24)14-6-5-13(19)9-15(14)20/h4-10H,3H2,1-2H3,(H,22,23). The summed E-state index contributed by atoms with van der Waals surface area (Å²) < 4.78 is 10.9. The number of carbonyl (C=O) groups excluding carboxylic acids is 2. The second kappa shape index (κ2) is 9.22. The summed E-state index contributed by atoms with van der Waals surface area (Å²) in [5.74, 6) is -0.318. The van der Waals surface area contributed by atoms with Crippen LogP contribution in [0, 0.1) is 0 Å². The quantitative estimate of drug-likeness (QED) is 0.346. The summed E-state index contributed by atoms with van der Waals surface area (Å²) in [5.41, 5.74) is 3.15. The zero-order chi connectivity index (χ0) is 19.1. The predicted molar refractivity (Wildman–Crippen MR) is 100 cm³/mol. The van der Waals surface area contributed by atoms with E-state index in [1.54, 1.807) is 31.2 Å². The van der Waals surface area contributed by atoms with E-state index >= 15 is 0 Å². The highest BCUT2D eigenvalue weighted by molar-refractivity contribution is 6.36. The molecule has 136 valence electrons. The largest absolute Gasteiger partial charge is 0.490 e. The zero-order valence-corrected chi connectivity index (χ0v) is 15.6. The van der Waals surface area contributed by atoms with E-state index < -0.39 is 5.97 Å². The molecule has 26 heavy (non-hydrogen) atoms. The third kappa shape index (κ3) is 5.47. The van der Waals surface area contributed by atoms with Crippen molar-refractivity contribution >= 4 is 41.3 Å². The molecular weight excluding hydrogens is 379 g/mol. The number of carbonyl (C=O) groups is 2. The van der Waals surface area contributed by atoms with Crippen LogP contribution in [0.2, 0.25) is 10.0 Å². The fraction of sp³-hybridized carbons (Fsp3) is 0.167. The van der Waals surface area contributed by atoms with E-state index in [2.05, 4.69) is 10.5 Å². The molecule has 0 heterocycles. The molecule has 2 rings (SSSR count). The highest BCUT2D eigenvalue weighted by Gasteiger charge is 2.16. The van der Waals surface area contributed by atoms with Gasteiger partial charge in [-0.15, -0.1) is 0 Å². The Morgan fingerprint density at radius 1 is 1.15 bits per heavy atom. The smallest absolute Gasteiger partial charge is 0.345 e. The molecule has 0 radical (unpaired) electrons. The first kappa shape index (κ1) is 19.8. The first-order valence-electron chi connectivity index (χ1n) is 7.64. The van der Waals surface area contributed by atoms with Gasteiger partial charge in [0.2, 0.25) is 5.91 Å². The SMILES string of the molecule is CCOc1cc(C=NNC(C)=O)ccc1OC(=O)c1ccc(Cl)cc1Cl. The minimum absolute atomic E-state index is 0.190. The van der Waals surface area contributed by atoms with Gasteiger partial charge in [0, 0.05) is 11.9 Å². The number of hydrogen-bond donors (Lipinski definition) is 1. The maximum absolute atomic E-state index is 12.4. The molecule has 8 heteroatoms.